The van der Waals surface area contributed by atoms with Gasteiger partial charge in [-0.3, -0.25) is 4.79 Å². The van der Waals surface area contributed by atoms with Crippen LogP contribution in [0, 0.1) is 5.41 Å². The number of amides is 1. The van der Waals surface area contributed by atoms with Gasteiger partial charge in [0.25, 0.3) is 0 Å². The van der Waals surface area contributed by atoms with Crippen molar-refractivity contribution in [2.45, 2.75) is 13.8 Å². The number of thiol groups is 2. The fourth-order valence-electron chi connectivity index (χ4n) is 0.568. The summed E-state index contributed by atoms with van der Waals surface area (Å²) in [5.41, 5.74) is -0.428. The lowest BCUT2D eigenvalue weighted by Gasteiger charge is -2.23. The van der Waals surface area contributed by atoms with E-state index in [1.165, 1.54) is 0 Å². The minimum Gasteiger partial charge on any atom is -0.356 e. The zero-order valence-electron chi connectivity index (χ0n) is 6.92. The summed E-state index contributed by atoms with van der Waals surface area (Å²) < 4.78 is 0. The van der Waals surface area contributed by atoms with E-state index in [2.05, 4.69) is 30.6 Å². The molecule has 2 nitrogen and oxygen atoms in total. The van der Waals surface area contributed by atoms with Crippen LogP contribution in [0.4, 0.5) is 0 Å². The van der Waals surface area contributed by atoms with Gasteiger partial charge < -0.3 is 5.32 Å². The lowest BCUT2D eigenvalue weighted by Crippen LogP contribution is -2.41. The van der Waals surface area contributed by atoms with Crippen molar-refractivity contribution < 1.29 is 4.79 Å². The molecule has 0 unspecified atom stereocenters. The highest BCUT2D eigenvalue weighted by Crippen LogP contribution is 2.19. The summed E-state index contributed by atoms with van der Waals surface area (Å²) in [6.45, 7) is 4.42. The summed E-state index contributed by atoms with van der Waals surface area (Å²) in [6, 6.07) is 0. The highest BCUT2D eigenvalue weighted by Gasteiger charge is 2.29. The van der Waals surface area contributed by atoms with Gasteiger partial charge >= 0.3 is 0 Å². The molecule has 0 spiro atoms. The van der Waals surface area contributed by atoms with Gasteiger partial charge in [-0.2, -0.15) is 25.3 Å². The minimum atomic E-state index is -0.428. The number of carbonyl (C=O) groups excluding carboxylic acids is 1. The van der Waals surface area contributed by atoms with Crippen LogP contribution < -0.4 is 5.32 Å². The third-order valence-electron chi connectivity index (χ3n) is 1.58. The van der Waals surface area contributed by atoms with Crippen LogP contribution in [-0.4, -0.2) is 24.0 Å². The molecule has 4 heteroatoms. The minimum absolute atomic E-state index is 0.0324. The summed E-state index contributed by atoms with van der Waals surface area (Å²) >= 11 is 8.21. The summed E-state index contributed by atoms with van der Waals surface area (Å²) in [4.78, 5) is 11.3. The van der Waals surface area contributed by atoms with Crippen LogP contribution in [0.5, 0.6) is 0 Å². The molecule has 66 valence electrons. The third kappa shape index (κ3) is 2.95. The van der Waals surface area contributed by atoms with Crippen molar-refractivity contribution in [2.75, 3.05) is 18.1 Å². The Morgan fingerprint density at radius 3 is 2.18 bits per heavy atom. The molecule has 0 aliphatic heterocycles. The van der Waals surface area contributed by atoms with Crippen molar-refractivity contribution in [1.82, 2.24) is 5.32 Å². The Balaban J connectivity index is 4.12. The fraction of sp³-hybridized carbons (Fsp3) is 0.857. The van der Waals surface area contributed by atoms with Gasteiger partial charge in [-0.15, -0.1) is 0 Å². The quantitative estimate of drug-likeness (QED) is 0.571. The molecular weight excluding hydrogens is 178 g/mol. The molecule has 0 aromatic heterocycles. The van der Waals surface area contributed by atoms with E-state index < -0.39 is 5.41 Å². The van der Waals surface area contributed by atoms with Crippen LogP contribution in [0.2, 0.25) is 0 Å². The van der Waals surface area contributed by atoms with Crippen molar-refractivity contribution >= 4 is 31.2 Å². The monoisotopic (exact) mass is 193 g/mol. The second-order valence-corrected chi connectivity index (χ2v) is 3.37. The van der Waals surface area contributed by atoms with Gasteiger partial charge in [0.2, 0.25) is 5.91 Å². The van der Waals surface area contributed by atoms with Crippen LogP contribution in [-0.2, 0) is 4.79 Å². The average Bonchev–Trinajstić information content (AvgIpc) is 2.03. The lowest BCUT2D eigenvalue weighted by atomic mass is 9.95. The number of hydrogen-bond acceptors (Lipinski definition) is 3. The number of rotatable bonds is 4. The second-order valence-electron chi connectivity index (χ2n) is 2.74. The van der Waals surface area contributed by atoms with Gasteiger partial charge in [-0.25, -0.2) is 0 Å². The van der Waals surface area contributed by atoms with E-state index in [4.69, 9.17) is 0 Å². The Hall–Kier alpha value is 0.170. The van der Waals surface area contributed by atoms with Crippen LogP contribution in [0.25, 0.3) is 0 Å². The van der Waals surface area contributed by atoms with Crippen molar-refractivity contribution in [2.24, 2.45) is 5.41 Å². The first-order valence-electron chi connectivity index (χ1n) is 3.60. The molecule has 0 aromatic carbocycles. The summed E-state index contributed by atoms with van der Waals surface area (Å²) in [7, 11) is 0. The zero-order valence-corrected chi connectivity index (χ0v) is 8.71. The predicted octanol–water partition coefficient (Wildman–Crippen LogP) is 0.988. The number of hydrogen-bond donors (Lipinski definition) is 3. The Labute approximate surface area is 79.0 Å². The normalized spacial score (nSPS) is 11.3. The molecular formula is C7H15NOS2. The van der Waals surface area contributed by atoms with E-state index in [-0.39, 0.29) is 5.91 Å². The van der Waals surface area contributed by atoms with E-state index in [0.29, 0.717) is 18.1 Å². The molecule has 0 radical (unpaired) electrons. The molecule has 11 heavy (non-hydrogen) atoms. The number of carbonyl (C=O) groups is 1. The first kappa shape index (κ1) is 11.2. The molecule has 0 rings (SSSR count). The van der Waals surface area contributed by atoms with Gasteiger partial charge in [-0.1, -0.05) is 0 Å². The smallest absolute Gasteiger partial charge is 0.227 e. The Morgan fingerprint density at radius 2 is 1.91 bits per heavy atom. The first-order chi connectivity index (χ1) is 5.10. The van der Waals surface area contributed by atoms with Crippen LogP contribution in [0.1, 0.15) is 13.8 Å². The van der Waals surface area contributed by atoms with Gasteiger partial charge in [0.05, 0.1) is 5.41 Å². The summed E-state index contributed by atoms with van der Waals surface area (Å²) in [5, 5.41) is 2.75. The number of nitrogens with one attached hydrogen (secondary N) is 1. The van der Waals surface area contributed by atoms with Crippen molar-refractivity contribution in [3.63, 3.8) is 0 Å². The first-order valence-corrected chi connectivity index (χ1v) is 4.87. The van der Waals surface area contributed by atoms with Crippen molar-refractivity contribution in [3.8, 4) is 0 Å². The molecule has 0 aliphatic carbocycles. The average molecular weight is 193 g/mol. The zero-order chi connectivity index (χ0) is 8.91. The molecule has 1 N–H and O–H groups in total. The van der Waals surface area contributed by atoms with Crippen LogP contribution in [0.3, 0.4) is 0 Å². The van der Waals surface area contributed by atoms with Gasteiger partial charge in [0.15, 0.2) is 0 Å². The Bertz CT molecular complexity index is 134. The fourth-order valence-corrected chi connectivity index (χ4v) is 1.25. The van der Waals surface area contributed by atoms with E-state index in [0.717, 1.165) is 0 Å². The Kier molecular flexibility index (Phi) is 5.01. The van der Waals surface area contributed by atoms with E-state index in [9.17, 15) is 4.79 Å². The molecule has 0 aliphatic rings. The van der Waals surface area contributed by atoms with Gasteiger partial charge in [0.1, 0.15) is 0 Å². The second kappa shape index (κ2) is 4.93. The molecule has 0 bridgehead atoms. The van der Waals surface area contributed by atoms with E-state index >= 15 is 0 Å². The maximum Gasteiger partial charge on any atom is 0.227 e. The Morgan fingerprint density at radius 1 is 1.45 bits per heavy atom. The molecule has 0 heterocycles. The molecule has 0 saturated heterocycles. The van der Waals surface area contributed by atoms with Crippen LogP contribution in [0.15, 0.2) is 0 Å². The highest BCUT2D eigenvalue weighted by atomic mass is 32.1. The SMILES string of the molecule is CCNC(=O)C(C)(CS)CS. The van der Waals surface area contributed by atoms with Crippen molar-refractivity contribution in [1.29, 1.82) is 0 Å². The maximum atomic E-state index is 11.3. The predicted molar refractivity (Wildman–Crippen MR) is 54.5 cm³/mol. The van der Waals surface area contributed by atoms with E-state index in [1.54, 1.807) is 0 Å². The molecule has 0 fully saturated rings. The van der Waals surface area contributed by atoms with E-state index in [1.807, 2.05) is 13.8 Å². The third-order valence-corrected chi connectivity index (χ3v) is 2.98. The standard InChI is InChI=1S/C7H15NOS2/c1-3-8-6(9)7(2,4-10)5-11/h10-11H,3-5H2,1-2H3,(H,8,9). The largest absolute Gasteiger partial charge is 0.356 e. The van der Waals surface area contributed by atoms with Gasteiger partial charge in [-0.05, 0) is 13.8 Å². The summed E-state index contributed by atoms with van der Waals surface area (Å²) in [5.74, 6) is 1.09. The van der Waals surface area contributed by atoms with Crippen LogP contribution >= 0.6 is 25.3 Å². The topological polar surface area (TPSA) is 29.1 Å². The molecule has 0 atom stereocenters. The molecule has 0 aromatic rings. The lowest BCUT2D eigenvalue weighted by molar-refractivity contribution is -0.127. The summed E-state index contributed by atoms with van der Waals surface area (Å²) in [6.07, 6.45) is 0. The maximum absolute atomic E-state index is 11.3. The van der Waals surface area contributed by atoms with Gasteiger partial charge in [0, 0.05) is 18.1 Å². The van der Waals surface area contributed by atoms with Crippen molar-refractivity contribution in [3.05, 3.63) is 0 Å². The highest BCUT2D eigenvalue weighted by molar-refractivity contribution is 7.81. The molecule has 0 saturated carbocycles. The molecule has 1 amide bonds.